The van der Waals surface area contributed by atoms with Crippen LogP contribution >= 0.6 is 12.2 Å². The molecule has 0 unspecified atom stereocenters. The van der Waals surface area contributed by atoms with Crippen molar-refractivity contribution in [2.45, 2.75) is 19.9 Å². The molecule has 2 aromatic rings. The molecule has 0 radical (unpaired) electrons. The van der Waals surface area contributed by atoms with Crippen molar-refractivity contribution in [3.05, 3.63) is 47.7 Å². The lowest BCUT2D eigenvalue weighted by molar-refractivity contribution is 0.102. The lowest BCUT2D eigenvalue weighted by Gasteiger charge is -2.11. The number of carbonyl (C=O) groups excluding carboxylic acids is 1. The minimum absolute atomic E-state index is 0.178. The molecule has 2 rings (SSSR count). The molecule has 5 nitrogen and oxygen atoms in total. The fraction of sp³-hybridized carbons (Fsp3) is 0.214. The number of hydrogen-bond donors (Lipinski definition) is 2. The molecule has 0 fully saturated rings. The van der Waals surface area contributed by atoms with E-state index in [-0.39, 0.29) is 11.9 Å². The normalized spacial score (nSPS) is 10.6. The largest absolute Gasteiger partial charge is 0.389 e. The van der Waals surface area contributed by atoms with Gasteiger partial charge in [-0.05, 0) is 26.0 Å². The van der Waals surface area contributed by atoms with Crippen LogP contribution in [-0.2, 0) is 0 Å². The van der Waals surface area contributed by atoms with Crippen molar-refractivity contribution >= 4 is 28.9 Å². The number of nitrogens with two attached hydrogens (primary N) is 1. The van der Waals surface area contributed by atoms with Gasteiger partial charge in [-0.25, -0.2) is 4.68 Å². The Hall–Kier alpha value is -2.21. The fourth-order valence-corrected chi connectivity index (χ4v) is 1.94. The van der Waals surface area contributed by atoms with E-state index in [1.54, 1.807) is 41.2 Å². The molecule has 1 amide bonds. The van der Waals surface area contributed by atoms with Crippen molar-refractivity contribution in [1.82, 2.24) is 9.78 Å². The monoisotopic (exact) mass is 288 g/mol. The summed E-state index contributed by atoms with van der Waals surface area (Å²) in [4.78, 5) is 12.5. The maximum absolute atomic E-state index is 12.2. The highest BCUT2D eigenvalue weighted by atomic mass is 32.1. The van der Waals surface area contributed by atoms with E-state index in [0.29, 0.717) is 16.4 Å². The first kappa shape index (κ1) is 14.2. The van der Waals surface area contributed by atoms with E-state index in [1.807, 2.05) is 13.8 Å². The highest BCUT2D eigenvalue weighted by Gasteiger charge is 2.11. The van der Waals surface area contributed by atoms with Crippen LogP contribution in [0.1, 0.15) is 35.8 Å². The third kappa shape index (κ3) is 3.03. The molecular weight excluding hydrogens is 272 g/mol. The summed E-state index contributed by atoms with van der Waals surface area (Å²) in [7, 11) is 0. The van der Waals surface area contributed by atoms with Crippen molar-refractivity contribution in [2.24, 2.45) is 5.73 Å². The Morgan fingerprint density at radius 1 is 1.25 bits per heavy atom. The first-order valence-electron chi connectivity index (χ1n) is 6.24. The number of nitrogens with zero attached hydrogens (tertiary/aromatic N) is 2. The number of anilines is 1. The van der Waals surface area contributed by atoms with Gasteiger partial charge >= 0.3 is 0 Å². The van der Waals surface area contributed by atoms with Gasteiger partial charge in [-0.1, -0.05) is 24.4 Å². The van der Waals surface area contributed by atoms with Crippen LogP contribution in [0.15, 0.2) is 36.5 Å². The maximum Gasteiger partial charge on any atom is 0.256 e. The highest BCUT2D eigenvalue weighted by Crippen LogP contribution is 2.14. The van der Waals surface area contributed by atoms with E-state index >= 15 is 0 Å². The summed E-state index contributed by atoms with van der Waals surface area (Å²) in [5.74, 6) is 0.477. The molecule has 0 aliphatic rings. The van der Waals surface area contributed by atoms with Gasteiger partial charge in [-0.2, -0.15) is 5.10 Å². The second-order valence-electron chi connectivity index (χ2n) is 4.65. The summed E-state index contributed by atoms with van der Waals surface area (Å²) in [5.41, 5.74) is 6.80. The molecular formula is C14H16N4OS. The number of nitrogens with one attached hydrogen (secondary N) is 1. The van der Waals surface area contributed by atoms with E-state index in [9.17, 15) is 4.79 Å². The average Bonchev–Trinajstić information content (AvgIpc) is 2.87. The summed E-state index contributed by atoms with van der Waals surface area (Å²) < 4.78 is 1.75. The molecule has 0 atom stereocenters. The smallest absolute Gasteiger partial charge is 0.256 e. The van der Waals surface area contributed by atoms with Gasteiger partial charge in [0.25, 0.3) is 5.91 Å². The molecule has 0 saturated heterocycles. The minimum atomic E-state index is -0.193. The Labute approximate surface area is 122 Å². The molecule has 0 saturated carbocycles. The predicted octanol–water partition coefficient (Wildman–Crippen LogP) is 2.35. The van der Waals surface area contributed by atoms with Gasteiger partial charge in [-0.15, -0.1) is 0 Å². The van der Waals surface area contributed by atoms with Gasteiger partial charge in [0, 0.05) is 23.2 Å². The van der Waals surface area contributed by atoms with Gasteiger partial charge in [0.05, 0.1) is 6.20 Å². The van der Waals surface area contributed by atoms with E-state index < -0.39 is 0 Å². The molecule has 0 bridgehead atoms. The molecule has 0 aliphatic carbocycles. The number of aromatic nitrogens is 2. The third-order valence-electron chi connectivity index (χ3n) is 2.83. The highest BCUT2D eigenvalue weighted by molar-refractivity contribution is 7.80. The zero-order valence-corrected chi connectivity index (χ0v) is 12.1. The topological polar surface area (TPSA) is 72.9 Å². The van der Waals surface area contributed by atoms with Crippen LogP contribution in [0.3, 0.4) is 0 Å². The number of rotatable bonds is 4. The lowest BCUT2D eigenvalue weighted by atomic mass is 10.1. The zero-order valence-electron chi connectivity index (χ0n) is 11.3. The first-order valence-corrected chi connectivity index (χ1v) is 6.64. The van der Waals surface area contributed by atoms with Crippen molar-refractivity contribution in [1.29, 1.82) is 0 Å². The van der Waals surface area contributed by atoms with Crippen LogP contribution < -0.4 is 11.1 Å². The summed E-state index contributed by atoms with van der Waals surface area (Å²) in [6, 6.07) is 8.80. The van der Waals surface area contributed by atoms with Crippen LogP contribution in [0.2, 0.25) is 0 Å². The van der Waals surface area contributed by atoms with Crippen molar-refractivity contribution < 1.29 is 4.79 Å². The Morgan fingerprint density at radius 2 is 1.85 bits per heavy atom. The van der Waals surface area contributed by atoms with Gasteiger partial charge in [0.15, 0.2) is 0 Å². The summed E-state index contributed by atoms with van der Waals surface area (Å²) in [6.45, 7) is 4.00. The molecule has 0 aliphatic heterocycles. The standard InChI is InChI=1S/C14H16N4OS/c1-9(2)18-12(7-8-16-18)17-14(19)11-5-3-10(4-6-11)13(15)20/h3-9H,1-2H3,(H2,15,20)(H,17,19). The van der Waals surface area contributed by atoms with Crippen LogP contribution in [0.4, 0.5) is 5.82 Å². The quantitative estimate of drug-likeness (QED) is 0.847. The number of carbonyl (C=O) groups is 1. The van der Waals surface area contributed by atoms with Crippen LogP contribution in [0.5, 0.6) is 0 Å². The molecule has 1 aromatic carbocycles. The van der Waals surface area contributed by atoms with Crippen LogP contribution in [0.25, 0.3) is 0 Å². The molecule has 104 valence electrons. The van der Waals surface area contributed by atoms with Crippen molar-refractivity contribution in [3.63, 3.8) is 0 Å². The zero-order chi connectivity index (χ0) is 14.7. The number of benzene rings is 1. The van der Waals surface area contributed by atoms with Crippen molar-refractivity contribution in [3.8, 4) is 0 Å². The molecule has 0 spiro atoms. The minimum Gasteiger partial charge on any atom is -0.389 e. The van der Waals surface area contributed by atoms with Crippen LogP contribution in [0, 0.1) is 0 Å². The van der Waals surface area contributed by atoms with Gasteiger partial charge in [-0.3, -0.25) is 4.79 Å². The number of thiocarbonyl (C=S) groups is 1. The first-order chi connectivity index (χ1) is 9.49. The van der Waals surface area contributed by atoms with E-state index in [2.05, 4.69) is 10.4 Å². The Kier molecular flexibility index (Phi) is 4.14. The Morgan fingerprint density at radius 3 is 2.40 bits per heavy atom. The molecule has 6 heteroatoms. The second kappa shape index (κ2) is 5.83. The van der Waals surface area contributed by atoms with Crippen LogP contribution in [-0.4, -0.2) is 20.7 Å². The second-order valence-corrected chi connectivity index (χ2v) is 5.09. The molecule has 1 heterocycles. The Balaban J connectivity index is 2.15. The lowest BCUT2D eigenvalue weighted by Crippen LogP contribution is -2.17. The Bertz CT molecular complexity index is 631. The average molecular weight is 288 g/mol. The van der Waals surface area contributed by atoms with Crippen molar-refractivity contribution in [2.75, 3.05) is 5.32 Å². The molecule has 20 heavy (non-hydrogen) atoms. The predicted molar refractivity (Wildman–Crippen MR) is 82.9 cm³/mol. The molecule has 3 N–H and O–H groups in total. The van der Waals surface area contributed by atoms with E-state index in [1.165, 1.54) is 0 Å². The summed E-state index contributed by atoms with van der Waals surface area (Å²) in [5, 5.41) is 7.00. The summed E-state index contributed by atoms with van der Waals surface area (Å²) >= 11 is 4.88. The third-order valence-corrected chi connectivity index (χ3v) is 3.07. The summed E-state index contributed by atoms with van der Waals surface area (Å²) in [6.07, 6.45) is 1.66. The number of hydrogen-bond acceptors (Lipinski definition) is 3. The van der Waals surface area contributed by atoms with E-state index in [4.69, 9.17) is 18.0 Å². The van der Waals surface area contributed by atoms with Gasteiger partial charge < -0.3 is 11.1 Å². The SMILES string of the molecule is CC(C)n1nccc1NC(=O)c1ccc(C(N)=S)cc1. The number of amides is 1. The molecule has 1 aromatic heterocycles. The fourth-order valence-electron chi connectivity index (χ4n) is 1.80. The van der Waals surface area contributed by atoms with Gasteiger partial charge in [0.2, 0.25) is 0 Å². The van der Waals surface area contributed by atoms with Gasteiger partial charge in [0.1, 0.15) is 10.8 Å². The van der Waals surface area contributed by atoms with E-state index in [0.717, 1.165) is 5.56 Å². The maximum atomic E-state index is 12.2.